The lowest BCUT2D eigenvalue weighted by atomic mass is 10.0. The first-order valence-corrected chi connectivity index (χ1v) is 10.7. The predicted molar refractivity (Wildman–Crippen MR) is 117 cm³/mol. The van der Waals surface area contributed by atoms with Crippen molar-refractivity contribution < 1.29 is 5.11 Å². The lowest BCUT2D eigenvalue weighted by Gasteiger charge is -2.34. The van der Waals surface area contributed by atoms with Crippen LogP contribution in [0.5, 0.6) is 0 Å². The van der Waals surface area contributed by atoms with Crippen LogP contribution in [0.15, 0.2) is 23.3 Å². The van der Waals surface area contributed by atoms with Crippen molar-refractivity contribution in [2.75, 3.05) is 57.8 Å². The molecule has 1 unspecified atom stereocenters. The summed E-state index contributed by atoms with van der Waals surface area (Å²) in [7, 11) is 2.16. The van der Waals surface area contributed by atoms with Gasteiger partial charge in [-0.3, -0.25) is 0 Å². The molecule has 2 heterocycles. The van der Waals surface area contributed by atoms with Gasteiger partial charge in [-0.05, 0) is 38.8 Å². The van der Waals surface area contributed by atoms with Crippen molar-refractivity contribution in [3.8, 4) is 0 Å². The number of guanidine groups is 1. The Labute approximate surface area is 170 Å². The summed E-state index contributed by atoms with van der Waals surface area (Å²) in [5, 5.41) is 16.1. The Hall–Kier alpha value is -1.86. The summed E-state index contributed by atoms with van der Waals surface area (Å²) in [5.74, 6) is 2.35. The van der Waals surface area contributed by atoms with Crippen molar-refractivity contribution in [3.05, 3.63) is 23.9 Å². The Morgan fingerprint density at radius 2 is 2.00 bits per heavy atom. The van der Waals surface area contributed by atoms with Crippen LogP contribution in [0.2, 0.25) is 0 Å². The monoisotopic (exact) mass is 390 g/mol. The molecule has 0 radical (unpaired) electrons. The standard InChI is InChI=1S/C21H38N6O/c1-4-7-18(9-15-28)16-24-21(22-5-2)25-17-19-8-6-10-23-20(19)27-13-11-26(3)12-14-27/h6,8,10,18,28H,4-5,7,9,11-17H2,1-3H3,(H2,22,24,25). The minimum atomic E-state index is 0.240. The van der Waals surface area contributed by atoms with Gasteiger partial charge in [0, 0.05) is 57.6 Å². The van der Waals surface area contributed by atoms with Gasteiger partial charge in [-0.25, -0.2) is 9.98 Å². The molecule has 158 valence electrons. The van der Waals surface area contributed by atoms with E-state index in [9.17, 15) is 5.11 Å². The minimum absolute atomic E-state index is 0.240. The third kappa shape index (κ3) is 7.28. The quantitative estimate of drug-likeness (QED) is 0.417. The molecular weight excluding hydrogens is 352 g/mol. The molecule has 0 aromatic carbocycles. The highest BCUT2D eigenvalue weighted by atomic mass is 16.3. The van der Waals surface area contributed by atoms with Gasteiger partial charge in [0.2, 0.25) is 0 Å². The first kappa shape index (κ1) is 22.4. The van der Waals surface area contributed by atoms with Crippen LogP contribution < -0.4 is 15.5 Å². The van der Waals surface area contributed by atoms with Crippen molar-refractivity contribution in [2.24, 2.45) is 10.9 Å². The van der Waals surface area contributed by atoms with Gasteiger partial charge in [-0.15, -0.1) is 0 Å². The van der Waals surface area contributed by atoms with Crippen molar-refractivity contribution in [1.29, 1.82) is 0 Å². The number of aliphatic imine (C=N–C) groups is 1. The van der Waals surface area contributed by atoms with Gasteiger partial charge in [0.1, 0.15) is 5.82 Å². The van der Waals surface area contributed by atoms with E-state index in [1.54, 1.807) is 0 Å². The summed E-state index contributed by atoms with van der Waals surface area (Å²) in [6.07, 6.45) is 4.94. The zero-order chi connectivity index (χ0) is 20.2. The number of nitrogens with zero attached hydrogens (tertiary/aromatic N) is 4. The van der Waals surface area contributed by atoms with Gasteiger partial charge in [0.25, 0.3) is 0 Å². The fourth-order valence-electron chi connectivity index (χ4n) is 3.54. The van der Waals surface area contributed by atoms with E-state index >= 15 is 0 Å². The maximum atomic E-state index is 9.27. The molecule has 1 saturated heterocycles. The van der Waals surface area contributed by atoms with Crippen LogP contribution >= 0.6 is 0 Å². The van der Waals surface area contributed by atoms with E-state index in [0.717, 1.165) is 75.9 Å². The summed E-state index contributed by atoms with van der Waals surface area (Å²) in [6, 6.07) is 4.11. The third-order valence-corrected chi connectivity index (χ3v) is 5.21. The zero-order valence-electron chi connectivity index (χ0n) is 17.8. The molecular formula is C21H38N6O. The molecule has 2 rings (SSSR count). The third-order valence-electron chi connectivity index (χ3n) is 5.21. The van der Waals surface area contributed by atoms with Gasteiger partial charge in [-0.1, -0.05) is 19.4 Å². The number of hydrogen-bond donors (Lipinski definition) is 3. The Morgan fingerprint density at radius 3 is 2.68 bits per heavy atom. The lowest BCUT2D eigenvalue weighted by molar-refractivity contribution is 0.251. The Kier molecular flexibility index (Phi) is 10.1. The maximum absolute atomic E-state index is 9.27. The number of rotatable bonds is 10. The molecule has 1 aromatic rings. The van der Waals surface area contributed by atoms with E-state index in [1.807, 2.05) is 12.3 Å². The van der Waals surface area contributed by atoms with Crippen LogP contribution in [0.3, 0.4) is 0 Å². The number of piperazine rings is 1. The number of nitrogens with one attached hydrogen (secondary N) is 2. The molecule has 0 bridgehead atoms. The molecule has 1 aliphatic heterocycles. The van der Waals surface area contributed by atoms with Gasteiger partial charge in [-0.2, -0.15) is 0 Å². The second kappa shape index (κ2) is 12.6. The van der Waals surface area contributed by atoms with E-state index in [1.165, 1.54) is 0 Å². The molecule has 0 amide bonds. The second-order valence-corrected chi connectivity index (χ2v) is 7.52. The first-order valence-electron chi connectivity index (χ1n) is 10.7. The number of aliphatic hydroxyl groups excluding tert-OH is 1. The molecule has 1 fully saturated rings. The number of aromatic nitrogens is 1. The van der Waals surface area contributed by atoms with E-state index in [0.29, 0.717) is 12.5 Å². The molecule has 28 heavy (non-hydrogen) atoms. The number of hydrogen-bond acceptors (Lipinski definition) is 5. The topological polar surface area (TPSA) is 76.0 Å². The fraction of sp³-hybridized carbons (Fsp3) is 0.714. The second-order valence-electron chi connectivity index (χ2n) is 7.52. The number of pyridine rings is 1. The molecule has 3 N–H and O–H groups in total. The molecule has 7 nitrogen and oxygen atoms in total. The van der Waals surface area contributed by atoms with Crippen LogP contribution in [0.25, 0.3) is 0 Å². The van der Waals surface area contributed by atoms with E-state index in [4.69, 9.17) is 4.99 Å². The van der Waals surface area contributed by atoms with Gasteiger partial charge in [0.05, 0.1) is 6.54 Å². The van der Waals surface area contributed by atoms with Gasteiger partial charge >= 0.3 is 0 Å². The van der Waals surface area contributed by atoms with Crippen molar-refractivity contribution in [2.45, 2.75) is 39.7 Å². The van der Waals surface area contributed by atoms with Crippen molar-refractivity contribution in [1.82, 2.24) is 20.5 Å². The van der Waals surface area contributed by atoms with Crippen LogP contribution in [-0.2, 0) is 6.54 Å². The summed E-state index contributed by atoms with van der Waals surface area (Å²) in [6.45, 7) is 10.9. The highest BCUT2D eigenvalue weighted by Crippen LogP contribution is 2.19. The average molecular weight is 391 g/mol. The predicted octanol–water partition coefficient (Wildman–Crippen LogP) is 1.69. The molecule has 1 atom stereocenters. The normalized spacial score (nSPS) is 16.9. The molecule has 0 spiro atoms. The zero-order valence-corrected chi connectivity index (χ0v) is 17.8. The van der Waals surface area contributed by atoms with Gasteiger partial charge < -0.3 is 25.5 Å². The molecule has 1 aromatic heterocycles. The molecule has 0 aliphatic carbocycles. The minimum Gasteiger partial charge on any atom is -0.396 e. The largest absolute Gasteiger partial charge is 0.396 e. The van der Waals surface area contributed by atoms with E-state index < -0.39 is 0 Å². The lowest BCUT2D eigenvalue weighted by Crippen LogP contribution is -2.45. The summed E-state index contributed by atoms with van der Waals surface area (Å²) in [5.41, 5.74) is 1.16. The average Bonchev–Trinajstić information content (AvgIpc) is 2.71. The Balaban J connectivity index is 2.02. The van der Waals surface area contributed by atoms with Crippen LogP contribution in [0.1, 0.15) is 38.7 Å². The smallest absolute Gasteiger partial charge is 0.191 e. The maximum Gasteiger partial charge on any atom is 0.191 e. The van der Waals surface area contributed by atoms with Crippen LogP contribution in [-0.4, -0.2) is 73.9 Å². The molecule has 7 heteroatoms. The fourth-order valence-corrected chi connectivity index (χ4v) is 3.54. The van der Waals surface area contributed by atoms with Crippen LogP contribution in [0, 0.1) is 5.92 Å². The number of likely N-dealkylation sites (N-methyl/N-ethyl adjacent to an activating group) is 1. The summed E-state index contributed by atoms with van der Waals surface area (Å²) in [4.78, 5) is 14.2. The summed E-state index contributed by atoms with van der Waals surface area (Å²) < 4.78 is 0. The van der Waals surface area contributed by atoms with Crippen molar-refractivity contribution >= 4 is 11.8 Å². The number of anilines is 1. The Morgan fingerprint density at radius 1 is 1.21 bits per heavy atom. The molecule has 0 saturated carbocycles. The van der Waals surface area contributed by atoms with Gasteiger partial charge in [0.15, 0.2) is 5.96 Å². The van der Waals surface area contributed by atoms with Crippen molar-refractivity contribution in [3.63, 3.8) is 0 Å². The van der Waals surface area contributed by atoms with E-state index in [-0.39, 0.29) is 6.61 Å². The summed E-state index contributed by atoms with van der Waals surface area (Å²) >= 11 is 0. The number of aliphatic hydroxyl groups is 1. The highest BCUT2D eigenvalue weighted by molar-refractivity contribution is 5.79. The SMILES string of the molecule is CCCC(CCO)CNC(=NCc1cccnc1N1CCN(C)CC1)NCC. The highest BCUT2D eigenvalue weighted by Gasteiger charge is 2.18. The first-order chi connectivity index (χ1) is 13.7. The van der Waals surface area contributed by atoms with E-state index in [2.05, 4.69) is 52.4 Å². The van der Waals surface area contributed by atoms with Crippen LogP contribution in [0.4, 0.5) is 5.82 Å². The molecule has 1 aliphatic rings. The Bertz CT molecular complexity index is 580.